The Morgan fingerprint density at radius 2 is 1.82 bits per heavy atom. The molecule has 1 amide bonds. The summed E-state index contributed by atoms with van der Waals surface area (Å²) in [4.78, 5) is 21.2. The average molecular weight is 437 g/mol. The van der Waals surface area contributed by atoms with Crippen LogP contribution < -0.4 is 10.6 Å². The average Bonchev–Trinajstić information content (AvgIpc) is 3.50. The van der Waals surface area contributed by atoms with E-state index < -0.39 is 0 Å². The highest BCUT2D eigenvalue weighted by Crippen LogP contribution is 2.39. The molecule has 6 rings (SSSR count). The van der Waals surface area contributed by atoms with E-state index in [1.165, 1.54) is 24.1 Å². The van der Waals surface area contributed by atoms with E-state index in [4.69, 9.17) is 0 Å². The number of pyridine rings is 1. The normalized spacial score (nSPS) is 17.0. The number of rotatable bonds is 5. The SMILES string of the molecule is Cc1cc(-c2nc(Nc3ccc4c(c3)C(C)NC4=O)n[nH]2)ccc1-c1ccc(C2CC2)nc1. The van der Waals surface area contributed by atoms with Gasteiger partial charge in [0.15, 0.2) is 5.82 Å². The first-order valence-corrected chi connectivity index (χ1v) is 11.3. The number of carbonyl (C=O) groups excluding carboxylic acids is 1. The van der Waals surface area contributed by atoms with Gasteiger partial charge in [0.05, 0.1) is 6.04 Å². The van der Waals surface area contributed by atoms with E-state index in [0.717, 1.165) is 33.5 Å². The quantitative estimate of drug-likeness (QED) is 0.396. The number of aryl methyl sites for hydroxylation is 1. The van der Waals surface area contributed by atoms with Gasteiger partial charge in [-0.15, -0.1) is 5.10 Å². The fourth-order valence-electron chi connectivity index (χ4n) is 4.45. The summed E-state index contributed by atoms with van der Waals surface area (Å²) in [6.07, 6.45) is 4.50. The van der Waals surface area contributed by atoms with Crippen LogP contribution in [0.4, 0.5) is 11.6 Å². The maximum Gasteiger partial charge on any atom is 0.252 e. The van der Waals surface area contributed by atoms with Crippen LogP contribution >= 0.6 is 0 Å². The number of aromatic nitrogens is 4. The van der Waals surface area contributed by atoms with Crippen molar-refractivity contribution in [2.24, 2.45) is 0 Å². The molecule has 164 valence electrons. The van der Waals surface area contributed by atoms with Gasteiger partial charge in [0.2, 0.25) is 5.95 Å². The summed E-state index contributed by atoms with van der Waals surface area (Å²) >= 11 is 0. The van der Waals surface area contributed by atoms with E-state index in [0.29, 0.717) is 17.7 Å². The summed E-state index contributed by atoms with van der Waals surface area (Å²) in [5.74, 6) is 1.81. The second kappa shape index (κ2) is 7.55. The van der Waals surface area contributed by atoms with Crippen LogP contribution in [0.3, 0.4) is 0 Å². The molecule has 3 heterocycles. The lowest BCUT2D eigenvalue weighted by Gasteiger charge is -2.08. The second-order valence-electron chi connectivity index (χ2n) is 8.91. The molecule has 1 unspecified atom stereocenters. The summed E-state index contributed by atoms with van der Waals surface area (Å²) in [5, 5.41) is 13.5. The Hall–Kier alpha value is -4.00. The number of hydrogen-bond acceptors (Lipinski definition) is 5. The number of amides is 1. The summed E-state index contributed by atoms with van der Waals surface area (Å²) < 4.78 is 0. The van der Waals surface area contributed by atoms with Gasteiger partial charge in [0.1, 0.15) is 0 Å². The first-order chi connectivity index (χ1) is 16.0. The number of H-pyrrole nitrogens is 1. The number of hydrogen-bond donors (Lipinski definition) is 3. The largest absolute Gasteiger partial charge is 0.345 e. The number of nitrogens with zero attached hydrogens (tertiary/aromatic N) is 3. The van der Waals surface area contributed by atoms with Crippen molar-refractivity contribution < 1.29 is 4.79 Å². The van der Waals surface area contributed by atoms with Gasteiger partial charge in [0.25, 0.3) is 5.91 Å². The Morgan fingerprint density at radius 3 is 2.58 bits per heavy atom. The third-order valence-electron chi connectivity index (χ3n) is 6.44. The molecule has 33 heavy (non-hydrogen) atoms. The molecule has 1 aliphatic carbocycles. The maximum absolute atomic E-state index is 11.9. The molecule has 4 aromatic rings. The van der Waals surface area contributed by atoms with E-state index in [9.17, 15) is 4.79 Å². The number of benzene rings is 2. The first-order valence-electron chi connectivity index (χ1n) is 11.3. The highest BCUT2D eigenvalue weighted by atomic mass is 16.2. The standard InChI is InChI=1S/C26H24N6O/c1-14-11-17(5-8-20(14)18-6-10-23(27-13-18)16-3-4-16)24-30-26(32-31-24)29-19-7-9-21-22(12-19)15(2)28-25(21)33/h5-13,15-16H,3-4H2,1-2H3,(H,28,33)(H2,29,30,31,32). The highest BCUT2D eigenvalue weighted by molar-refractivity contribution is 5.99. The van der Waals surface area contributed by atoms with Crippen molar-refractivity contribution >= 4 is 17.5 Å². The zero-order valence-electron chi connectivity index (χ0n) is 18.5. The Balaban J connectivity index is 1.21. The molecule has 2 aromatic heterocycles. The molecule has 0 saturated heterocycles. The topological polar surface area (TPSA) is 95.6 Å². The summed E-state index contributed by atoms with van der Waals surface area (Å²) in [6, 6.07) is 16.3. The Kier molecular flexibility index (Phi) is 4.50. The number of aromatic amines is 1. The Bertz CT molecular complexity index is 1370. The maximum atomic E-state index is 11.9. The lowest BCUT2D eigenvalue weighted by atomic mass is 9.99. The van der Waals surface area contributed by atoms with Crippen LogP contribution in [-0.4, -0.2) is 26.1 Å². The minimum Gasteiger partial charge on any atom is -0.345 e. The van der Waals surface area contributed by atoms with Crippen LogP contribution in [0.15, 0.2) is 54.7 Å². The van der Waals surface area contributed by atoms with Crippen molar-refractivity contribution in [3.05, 3.63) is 77.1 Å². The van der Waals surface area contributed by atoms with Gasteiger partial charge in [-0.05, 0) is 73.7 Å². The van der Waals surface area contributed by atoms with Crippen molar-refractivity contribution in [2.75, 3.05) is 5.32 Å². The van der Waals surface area contributed by atoms with Gasteiger partial charge in [-0.3, -0.25) is 14.9 Å². The molecule has 1 saturated carbocycles. The van der Waals surface area contributed by atoms with Gasteiger partial charge < -0.3 is 10.6 Å². The molecule has 2 aliphatic rings. The zero-order valence-corrected chi connectivity index (χ0v) is 18.5. The Morgan fingerprint density at radius 1 is 1.00 bits per heavy atom. The summed E-state index contributed by atoms with van der Waals surface area (Å²) in [6.45, 7) is 4.08. The van der Waals surface area contributed by atoms with Crippen molar-refractivity contribution in [1.29, 1.82) is 0 Å². The lowest BCUT2D eigenvalue weighted by molar-refractivity contribution is 0.0958. The molecule has 0 radical (unpaired) electrons. The smallest absolute Gasteiger partial charge is 0.252 e. The van der Waals surface area contributed by atoms with Crippen LogP contribution in [0, 0.1) is 6.92 Å². The van der Waals surface area contributed by atoms with E-state index in [1.807, 2.05) is 31.3 Å². The molecule has 2 aromatic carbocycles. The minimum absolute atomic E-state index is 0.00134. The van der Waals surface area contributed by atoms with Crippen molar-refractivity contribution in [2.45, 2.75) is 38.6 Å². The van der Waals surface area contributed by atoms with E-state index in [2.05, 4.69) is 68.1 Å². The van der Waals surface area contributed by atoms with Crippen molar-refractivity contribution in [3.8, 4) is 22.5 Å². The van der Waals surface area contributed by atoms with Gasteiger partial charge in [0, 0.05) is 40.2 Å². The molecule has 7 heteroatoms. The van der Waals surface area contributed by atoms with Crippen LogP contribution in [-0.2, 0) is 0 Å². The molecule has 7 nitrogen and oxygen atoms in total. The zero-order chi connectivity index (χ0) is 22.5. The molecular weight excluding hydrogens is 412 g/mol. The fraction of sp³-hybridized carbons (Fsp3) is 0.231. The predicted octanol–water partition coefficient (Wildman–Crippen LogP) is 5.27. The highest BCUT2D eigenvalue weighted by Gasteiger charge is 2.26. The molecule has 0 bridgehead atoms. The summed E-state index contributed by atoms with van der Waals surface area (Å²) in [7, 11) is 0. The van der Waals surface area contributed by atoms with Crippen molar-refractivity contribution in [1.82, 2.24) is 25.5 Å². The fourth-order valence-corrected chi connectivity index (χ4v) is 4.45. The second-order valence-corrected chi connectivity index (χ2v) is 8.91. The third kappa shape index (κ3) is 3.65. The minimum atomic E-state index is -0.0299. The first kappa shape index (κ1) is 19.7. The van der Waals surface area contributed by atoms with Gasteiger partial charge in [-0.25, -0.2) is 0 Å². The molecule has 1 aliphatic heterocycles. The summed E-state index contributed by atoms with van der Waals surface area (Å²) in [5.41, 5.74) is 8.17. The Labute approximate surface area is 191 Å². The number of fused-ring (bicyclic) bond motifs is 1. The van der Waals surface area contributed by atoms with Crippen LogP contribution in [0.1, 0.15) is 58.9 Å². The predicted molar refractivity (Wildman–Crippen MR) is 127 cm³/mol. The van der Waals surface area contributed by atoms with E-state index in [-0.39, 0.29) is 11.9 Å². The number of anilines is 2. The van der Waals surface area contributed by atoms with Crippen LogP contribution in [0.25, 0.3) is 22.5 Å². The number of carbonyl (C=O) groups is 1. The van der Waals surface area contributed by atoms with Gasteiger partial charge in [-0.2, -0.15) is 4.98 Å². The molecule has 1 fully saturated rings. The molecule has 3 N–H and O–H groups in total. The van der Waals surface area contributed by atoms with Crippen LogP contribution in [0.2, 0.25) is 0 Å². The molecule has 0 spiro atoms. The number of nitrogens with one attached hydrogen (secondary N) is 3. The van der Waals surface area contributed by atoms with Crippen LogP contribution in [0.5, 0.6) is 0 Å². The van der Waals surface area contributed by atoms with Gasteiger partial charge in [-0.1, -0.05) is 18.2 Å². The van der Waals surface area contributed by atoms with E-state index >= 15 is 0 Å². The van der Waals surface area contributed by atoms with Gasteiger partial charge >= 0.3 is 0 Å². The monoisotopic (exact) mass is 436 g/mol. The third-order valence-corrected chi connectivity index (χ3v) is 6.44. The van der Waals surface area contributed by atoms with E-state index in [1.54, 1.807) is 0 Å². The molecule has 1 atom stereocenters. The molecular formula is C26H24N6O. The lowest BCUT2D eigenvalue weighted by Crippen LogP contribution is -2.16. The van der Waals surface area contributed by atoms with Crippen molar-refractivity contribution in [3.63, 3.8) is 0 Å².